The standard InChI is InChI=1S/C14H28N2O/c1-4-6-8-12(3)16-13(17)14(5-2)9-7-10-15-11-14/h12,15H,4-11H2,1-3H3,(H,16,17). The van der Waals surface area contributed by atoms with Crippen LogP contribution in [0.3, 0.4) is 0 Å². The van der Waals surface area contributed by atoms with Crippen LogP contribution >= 0.6 is 0 Å². The predicted molar refractivity (Wildman–Crippen MR) is 72.0 cm³/mol. The SMILES string of the molecule is CCCCC(C)NC(=O)C1(CC)CCCNC1. The minimum absolute atomic E-state index is 0.154. The maximum atomic E-state index is 12.4. The van der Waals surface area contributed by atoms with Crippen molar-refractivity contribution >= 4 is 5.91 Å². The summed E-state index contributed by atoms with van der Waals surface area (Å²) in [7, 11) is 0. The largest absolute Gasteiger partial charge is 0.353 e. The predicted octanol–water partition coefficient (Wildman–Crippen LogP) is 2.46. The molecule has 2 atom stereocenters. The third-order valence-corrected chi connectivity index (χ3v) is 4.00. The summed E-state index contributed by atoms with van der Waals surface area (Å²) in [5, 5.41) is 6.56. The summed E-state index contributed by atoms with van der Waals surface area (Å²) in [4.78, 5) is 12.4. The zero-order valence-electron chi connectivity index (χ0n) is 11.6. The highest BCUT2D eigenvalue weighted by Crippen LogP contribution is 2.30. The van der Waals surface area contributed by atoms with Crippen molar-refractivity contribution in [1.82, 2.24) is 10.6 Å². The monoisotopic (exact) mass is 240 g/mol. The molecular formula is C14H28N2O. The van der Waals surface area contributed by atoms with Crippen molar-refractivity contribution in [3.05, 3.63) is 0 Å². The Balaban J connectivity index is 2.48. The summed E-state index contributed by atoms with van der Waals surface area (Å²) in [5.74, 6) is 0.260. The second-order valence-corrected chi connectivity index (χ2v) is 5.43. The molecule has 2 unspecified atom stereocenters. The van der Waals surface area contributed by atoms with Crippen LogP contribution in [0.25, 0.3) is 0 Å². The van der Waals surface area contributed by atoms with E-state index in [4.69, 9.17) is 0 Å². The first-order chi connectivity index (χ1) is 8.14. The maximum Gasteiger partial charge on any atom is 0.227 e. The van der Waals surface area contributed by atoms with Gasteiger partial charge in [0.05, 0.1) is 5.41 Å². The van der Waals surface area contributed by atoms with Crippen molar-refractivity contribution in [2.24, 2.45) is 5.41 Å². The van der Waals surface area contributed by atoms with Gasteiger partial charge in [-0.1, -0.05) is 26.7 Å². The van der Waals surface area contributed by atoms with Crippen molar-refractivity contribution in [3.8, 4) is 0 Å². The fraction of sp³-hybridized carbons (Fsp3) is 0.929. The smallest absolute Gasteiger partial charge is 0.227 e. The highest BCUT2D eigenvalue weighted by atomic mass is 16.2. The van der Waals surface area contributed by atoms with Gasteiger partial charge in [0.1, 0.15) is 0 Å². The molecule has 100 valence electrons. The van der Waals surface area contributed by atoms with Crippen LogP contribution in [0, 0.1) is 5.41 Å². The van der Waals surface area contributed by atoms with Gasteiger partial charge in [-0.3, -0.25) is 4.79 Å². The summed E-state index contributed by atoms with van der Waals surface area (Å²) in [5.41, 5.74) is -0.154. The summed E-state index contributed by atoms with van der Waals surface area (Å²) < 4.78 is 0. The van der Waals surface area contributed by atoms with E-state index in [2.05, 4.69) is 31.4 Å². The summed E-state index contributed by atoms with van der Waals surface area (Å²) in [6, 6.07) is 0.313. The molecule has 3 nitrogen and oxygen atoms in total. The number of hydrogen-bond acceptors (Lipinski definition) is 2. The average Bonchev–Trinajstić information content (AvgIpc) is 2.37. The van der Waals surface area contributed by atoms with E-state index in [0.717, 1.165) is 38.8 Å². The fourth-order valence-electron chi connectivity index (χ4n) is 2.58. The van der Waals surface area contributed by atoms with Crippen LogP contribution in [0.4, 0.5) is 0 Å². The lowest BCUT2D eigenvalue weighted by Gasteiger charge is -2.36. The van der Waals surface area contributed by atoms with Gasteiger partial charge in [0.15, 0.2) is 0 Å². The van der Waals surface area contributed by atoms with E-state index in [1.54, 1.807) is 0 Å². The van der Waals surface area contributed by atoms with Crippen LogP contribution in [0.2, 0.25) is 0 Å². The van der Waals surface area contributed by atoms with Gasteiger partial charge < -0.3 is 10.6 Å². The maximum absolute atomic E-state index is 12.4. The summed E-state index contributed by atoms with van der Waals surface area (Å²) in [6.07, 6.45) is 6.56. The number of unbranched alkanes of at least 4 members (excludes halogenated alkanes) is 1. The Labute approximate surface area is 106 Å². The van der Waals surface area contributed by atoms with E-state index in [1.165, 1.54) is 12.8 Å². The van der Waals surface area contributed by atoms with Gasteiger partial charge in [-0.25, -0.2) is 0 Å². The van der Waals surface area contributed by atoms with Crippen LogP contribution in [-0.2, 0) is 4.79 Å². The molecular weight excluding hydrogens is 212 g/mol. The first-order valence-electron chi connectivity index (χ1n) is 7.16. The second-order valence-electron chi connectivity index (χ2n) is 5.43. The minimum Gasteiger partial charge on any atom is -0.353 e. The zero-order valence-corrected chi connectivity index (χ0v) is 11.6. The van der Waals surface area contributed by atoms with E-state index in [0.29, 0.717) is 6.04 Å². The van der Waals surface area contributed by atoms with Crippen LogP contribution in [0.1, 0.15) is 59.3 Å². The molecule has 17 heavy (non-hydrogen) atoms. The van der Waals surface area contributed by atoms with E-state index >= 15 is 0 Å². The Kier molecular flexibility index (Phi) is 5.96. The summed E-state index contributed by atoms with van der Waals surface area (Å²) >= 11 is 0. The zero-order chi connectivity index (χ0) is 12.7. The second kappa shape index (κ2) is 7.00. The Bertz CT molecular complexity index is 234. The Hall–Kier alpha value is -0.570. The molecule has 0 spiro atoms. The quantitative estimate of drug-likeness (QED) is 0.749. The van der Waals surface area contributed by atoms with Gasteiger partial charge in [0.2, 0.25) is 5.91 Å². The number of carbonyl (C=O) groups excluding carboxylic acids is 1. The first kappa shape index (κ1) is 14.5. The molecule has 0 saturated carbocycles. The third-order valence-electron chi connectivity index (χ3n) is 4.00. The number of nitrogens with one attached hydrogen (secondary N) is 2. The van der Waals surface area contributed by atoms with Gasteiger partial charge >= 0.3 is 0 Å². The molecule has 0 radical (unpaired) electrons. The summed E-state index contributed by atoms with van der Waals surface area (Å²) in [6.45, 7) is 8.33. The molecule has 0 aliphatic carbocycles. The van der Waals surface area contributed by atoms with Crippen molar-refractivity contribution in [2.75, 3.05) is 13.1 Å². The Morgan fingerprint density at radius 3 is 2.76 bits per heavy atom. The van der Waals surface area contributed by atoms with Gasteiger partial charge in [-0.15, -0.1) is 0 Å². The van der Waals surface area contributed by atoms with E-state index < -0.39 is 0 Å². The molecule has 1 fully saturated rings. The van der Waals surface area contributed by atoms with E-state index in [-0.39, 0.29) is 11.3 Å². The first-order valence-corrected chi connectivity index (χ1v) is 7.16. The fourth-order valence-corrected chi connectivity index (χ4v) is 2.58. The lowest BCUT2D eigenvalue weighted by atomic mass is 9.77. The average molecular weight is 240 g/mol. The normalized spacial score (nSPS) is 26.5. The van der Waals surface area contributed by atoms with E-state index in [9.17, 15) is 4.79 Å². The van der Waals surface area contributed by atoms with Gasteiger partial charge in [-0.2, -0.15) is 0 Å². The van der Waals surface area contributed by atoms with Crippen LogP contribution in [0.5, 0.6) is 0 Å². The van der Waals surface area contributed by atoms with E-state index in [1.807, 2.05) is 0 Å². The minimum atomic E-state index is -0.154. The van der Waals surface area contributed by atoms with Crippen LogP contribution in [-0.4, -0.2) is 25.0 Å². The molecule has 1 rings (SSSR count). The van der Waals surface area contributed by atoms with Crippen molar-refractivity contribution in [3.63, 3.8) is 0 Å². The molecule has 1 amide bonds. The molecule has 2 N–H and O–H groups in total. The van der Waals surface area contributed by atoms with Crippen LogP contribution in [0.15, 0.2) is 0 Å². The molecule has 0 aromatic heterocycles. The van der Waals surface area contributed by atoms with Crippen LogP contribution < -0.4 is 10.6 Å². The number of carbonyl (C=O) groups is 1. The molecule has 1 aliphatic heterocycles. The molecule has 0 aromatic rings. The molecule has 3 heteroatoms. The highest BCUT2D eigenvalue weighted by Gasteiger charge is 2.37. The van der Waals surface area contributed by atoms with Crippen molar-refractivity contribution in [2.45, 2.75) is 65.3 Å². The molecule has 0 bridgehead atoms. The van der Waals surface area contributed by atoms with Crippen molar-refractivity contribution < 1.29 is 4.79 Å². The number of rotatable bonds is 6. The van der Waals surface area contributed by atoms with Crippen molar-refractivity contribution in [1.29, 1.82) is 0 Å². The van der Waals surface area contributed by atoms with Gasteiger partial charge in [-0.05, 0) is 39.2 Å². The third kappa shape index (κ3) is 3.98. The number of amides is 1. The van der Waals surface area contributed by atoms with Gasteiger partial charge in [0.25, 0.3) is 0 Å². The highest BCUT2D eigenvalue weighted by molar-refractivity contribution is 5.83. The Morgan fingerprint density at radius 2 is 2.24 bits per heavy atom. The topological polar surface area (TPSA) is 41.1 Å². The Morgan fingerprint density at radius 1 is 1.47 bits per heavy atom. The number of piperidine rings is 1. The lowest BCUT2D eigenvalue weighted by molar-refractivity contribution is -0.133. The lowest BCUT2D eigenvalue weighted by Crippen LogP contribution is -2.52. The molecule has 1 aliphatic rings. The molecule has 1 heterocycles. The molecule has 0 aromatic carbocycles. The molecule has 1 saturated heterocycles. The van der Waals surface area contributed by atoms with Gasteiger partial charge in [0, 0.05) is 12.6 Å². The number of hydrogen-bond donors (Lipinski definition) is 2.